The highest BCUT2D eigenvalue weighted by molar-refractivity contribution is 6.07. The fraction of sp³-hybridized carbons (Fsp3) is 0.130. The third kappa shape index (κ3) is 3.11. The van der Waals surface area contributed by atoms with Gasteiger partial charge in [-0.25, -0.2) is 4.79 Å². The van der Waals surface area contributed by atoms with Crippen LogP contribution >= 0.6 is 0 Å². The molecule has 0 radical (unpaired) electrons. The zero-order valence-corrected chi connectivity index (χ0v) is 15.4. The summed E-state index contributed by atoms with van der Waals surface area (Å²) < 4.78 is 6.02. The minimum atomic E-state index is -1.00. The fourth-order valence-electron chi connectivity index (χ4n) is 3.43. The zero-order valence-electron chi connectivity index (χ0n) is 15.4. The molecule has 2 aromatic carbocycles. The molecule has 140 valence electrons. The van der Waals surface area contributed by atoms with E-state index in [-0.39, 0.29) is 11.0 Å². The molecule has 1 heterocycles. The number of nitrogens with one attached hydrogen (secondary N) is 1. The zero-order chi connectivity index (χ0) is 19.7. The summed E-state index contributed by atoms with van der Waals surface area (Å²) in [5.41, 5.74) is 3.59. The van der Waals surface area contributed by atoms with Gasteiger partial charge in [-0.3, -0.25) is 4.79 Å². The Morgan fingerprint density at radius 2 is 1.86 bits per heavy atom. The summed E-state index contributed by atoms with van der Waals surface area (Å²) in [6.07, 6.45) is 0.990. The van der Waals surface area contributed by atoms with E-state index in [0.717, 1.165) is 29.6 Å². The first-order valence-electron chi connectivity index (χ1n) is 9.15. The number of fused-ring (bicyclic) bond motifs is 2. The van der Waals surface area contributed by atoms with Crippen LogP contribution in [0.4, 0.5) is 5.69 Å². The topological polar surface area (TPSA) is 79.5 Å². The number of anilines is 1. The fourth-order valence-corrected chi connectivity index (χ4v) is 3.43. The number of hydrogen-bond donors (Lipinski definition) is 2. The Morgan fingerprint density at radius 1 is 1.04 bits per heavy atom. The Labute approximate surface area is 161 Å². The maximum Gasteiger partial charge on any atom is 0.336 e. The molecule has 0 fully saturated rings. The van der Waals surface area contributed by atoms with E-state index < -0.39 is 5.97 Å². The van der Waals surface area contributed by atoms with Crippen molar-refractivity contribution in [2.24, 2.45) is 0 Å². The highest BCUT2D eigenvalue weighted by atomic mass is 16.4. The normalized spacial score (nSPS) is 11.0. The van der Waals surface area contributed by atoms with Crippen LogP contribution in [-0.2, 0) is 0 Å². The van der Waals surface area contributed by atoms with E-state index in [1.807, 2.05) is 24.3 Å². The minimum absolute atomic E-state index is 0.159. The second-order valence-corrected chi connectivity index (χ2v) is 6.62. The van der Waals surface area contributed by atoms with Gasteiger partial charge in [0.05, 0.1) is 5.56 Å². The van der Waals surface area contributed by atoms with Crippen molar-refractivity contribution in [3.63, 3.8) is 0 Å². The molecular formula is C23H19NO4. The molecule has 2 N–H and O–H groups in total. The van der Waals surface area contributed by atoms with Gasteiger partial charge in [-0.05, 0) is 42.3 Å². The lowest BCUT2D eigenvalue weighted by Crippen LogP contribution is -2.04. The molecule has 28 heavy (non-hydrogen) atoms. The van der Waals surface area contributed by atoms with Gasteiger partial charge in [-0.1, -0.05) is 25.1 Å². The summed E-state index contributed by atoms with van der Waals surface area (Å²) >= 11 is 0. The van der Waals surface area contributed by atoms with Crippen LogP contribution in [-0.4, -0.2) is 17.6 Å². The summed E-state index contributed by atoms with van der Waals surface area (Å²) in [5.74, 6) is -0.567. The molecule has 0 saturated heterocycles. The highest BCUT2D eigenvalue weighted by Gasteiger charge is 2.21. The van der Waals surface area contributed by atoms with Gasteiger partial charge in [0.15, 0.2) is 5.43 Å². The number of carboxylic acids is 1. The van der Waals surface area contributed by atoms with E-state index in [4.69, 9.17) is 4.42 Å². The molecule has 4 rings (SSSR count). The Morgan fingerprint density at radius 3 is 2.64 bits per heavy atom. The van der Waals surface area contributed by atoms with Crippen LogP contribution in [0.5, 0.6) is 0 Å². The van der Waals surface area contributed by atoms with Crippen molar-refractivity contribution in [1.29, 1.82) is 0 Å². The van der Waals surface area contributed by atoms with E-state index in [9.17, 15) is 14.7 Å². The molecule has 0 spiro atoms. The van der Waals surface area contributed by atoms with Gasteiger partial charge in [0, 0.05) is 40.9 Å². The van der Waals surface area contributed by atoms with Crippen LogP contribution in [0.1, 0.15) is 23.7 Å². The average Bonchev–Trinajstić information content (AvgIpc) is 2.70. The van der Waals surface area contributed by atoms with Gasteiger partial charge in [-0.15, -0.1) is 0 Å². The van der Waals surface area contributed by atoms with Crippen molar-refractivity contribution in [2.45, 2.75) is 13.3 Å². The molecule has 0 bridgehead atoms. The minimum Gasteiger partial charge on any atom is -0.478 e. The summed E-state index contributed by atoms with van der Waals surface area (Å²) in [7, 11) is 0. The number of aromatic carboxylic acids is 1. The van der Waals surface area contributed by atoms with Crippen LogP contribution in [0.3, 0.4) is 0 Å². The van der Waals surface area contributed by atoms with Crippen molar-refractivity contribution in [3.8, 4) is 22.5 Å². The van der Waals surface area contributed by atoms with E-state index in [1.54, 1.807) is 24.3 Å². The first kappa shape index (κ1) is 17.8. The number of hydrogen-bond acceptors (Lipinski definition) is 4. The molecule has 0 unspecified atom stereocenters. The van der Waals surface area contributed by atoms with Crippen LogP contribution in [0.25, 0.3) is 33.4 Å². The van der Waals surface area contributed by atoms with E-state index in [2.05, 4.69) is 12.2 Å². The third-order valence-corrected chi connectivity index (χ3v) is 4.70. The molecule has 1 aliphatic heterocycles. The molecule has 5 nitrogen and oxygen atoms in total. The molecule has 0 aromatic heterocycles. The average molecular weight is 373 g/mol. The maximum atomic E-state index is 11.9. The van der Waals surface area contributed by atoms with Gasteiger partial charge in [-0.2, -0.15) is 0 Å². The van der Waals surface area contributed by atoms with Gasteiger partial charge in [0.25, 0.3) is 0 Å². The van der Waals surface area contributed by atoms with E-state index in [0.29, 0.717) is 22.5 Å². The predicted molar refractivity (Wildman–Crippen MR) is 110 cm³/mol. The third-order valence-electron chi connectivity index (χ3n) is 4.70. The first-order chi connectivity index (χ1) is 13.6. The SMILES string of the molecule is CCCNc1ccc2c(-c3ccccc3C(=O)O)c3ccc(=O)cc-3oc2c1. The molecule has 0 amide bonds. The Bertz CT molecular complexity index is 1210. The lowest BCUT2D eigenvalue weighted by molar-refractivity contribution is 0.0697. The molecule has 0 atom stereocenters. The van der Waals surface area contributed by atoms with E-state index in [1.165, 1.54) is 12.1 Å². The molecule has 2 aliphatic rings. The Hall–Kier alpha value is -3.60. The second-order valence-electron chi connectivity index (χ2n) is 6.62. The quantitative estimate of drug-likeness (QED) is 0.477. The van der Waals surface area contributed by atoms with Crippen LogP contribution in [0.15, 0.2) is 69.9 Å². The van der Waals surface area contributed by atoms with Crippen molar-refractivity contribution < 1.29 is 14.3 Å². The number of carbonyl (C=O) groups is 1. The van der Waals surface area contributed by atoms with Crippen molar-refractivity contribution in [2.75, 3.05) is 11.9 Å². The van der Waals surface area contributed by atoms with E-state index >= 15 is 0 Å². The van der Waals surface area contributed by atoms with Crippen molar-refractivity contribution in [3.05, 3.63) is 76.5 Å². The van der Waals surface area contributed by atoms with Gasteiger partial charge >= 0.3 is 5.97 Å². The Kier molecular flexibility index (Phi) is 4.57. The van der Waals surface area contributed by atoms with Crippen molar-refractivity contribution >= 4 is 22.6 Å². The molecule has 1 aliphatic carbocycles. The molecular weight excluding hydrogens is 354 g/mol. The van der Waals surface area contributed by atoms with Crippen molar-refractivity contribution in [1.82, 2.24) is 0 Å². The largest absolute Gasteiger partial charge is 0.478 e. The second kappa shape index (κ2) is 7.19. The summed E-state index contributed by atoms with van der Waals surface area (Å²) in [6, 6.07) is 17.2. The van der Waals surface area contributed by atoms with Gasteiger partial charge < -0.3 is 14.8 Å². The molecule has 5 heteroatoms. The monoisotopic (exact) mass is 373 g/mol. The summed E-state index contributed by atoms with van der Waals surface area (Å²) in [4.78, 5) is 23.7. The summed E-state index contributed by atoms with van der Waals surface area (Å²) in [6.45, 7) is 2.92. The predicted octanol–water partition coefficient (Wildman–Crippen LogP) is 5.08. The summed E-state index contributed by atoms with van der Waals surface area (Å²) in [5, 5.41) is 13.8. The lowest BCUT2D eigenvalue weighted by Gasteiger charge is -2.17. The standard InChI is InChI=1S/C23H19NO4/c1-2-11-24-14-7-9-18-20(12-14)28-21-13-15(25)8-10-19(21)22(18)16-5-3-4-6-17(16)23(26)27/h3-10,12-13,24H,2,11H2,1H3,(H,26,27). The number of benzene rings is 3. The van der Waals surface area contributed by atoms with Crippen LogP contribution in [0, 0.1) is 0 Å². The molecule has 0 saturated carbocycles. The lowest BCUT2D eigenvalue weighted by atomic mass is 9.91. The maximum absolute atomic E-state index is 11.9. The van der Waals surface area contributed by atoms with Crippen LogP contribution in [0.2, 0.25) is 0 Å². The Balaban J connectivity index is 2.08. The first-order valence-corrected chi connectivity index (χ1v) is 9.15. The van der Waals surface area contributed by atoms with Gasteiger partial charge in [0.2, 0.25) is 0 Å². The smallest absolute Gasteiger partial charge is 0.336 e. The van der Waals surface area contributed by atoms with Crippen LogP contribution < -0.4 is 10.7 Å². The molecule has 2 aromatic rings. The van der Waals surface area contributed by atoms with Gasteiger partial charge in [0.1, 0.15) is 11.3 Å². The highest BCUT2D eigenvalue weighted by Crippen LogP contribution is 2.41. The number of rotatable bonds is 5. The number of carboxylic acid groups (broad SMARTS) is 1.